The summed E-state index contributed by atoms with van der Waals surface area (Å²) in [5.74, 6) is 0. The van der Waals surface area contributed by atoms with Crippen molar-refractivity contribution in [2.45, 2.75) is 38.9 Å². The largest absolute Gasteiger partial charge is 0.316 e. The summed E-state index contributed by atoms with van der Waals surface area (Å²) in [7, 11) is 2.01. The first-order valence-corrected chi connectivity index (χ1v) is 5.72. The molecule has 1 aromatic rings. The van der Waals surface area contributed by atoms with Gasteiger partial charge in [0.05, 0.1) is 0 Å². The van der Waals surface area contributed by atoms with Gasteiger partial charge in [0.2, 0.25) is 0 Å². The molecule has 0 spiro atoms. The highest BCUT2D eigenvalue weighted by Crippen LogP contribution is 2.02. The van der Waals surface area contributed by atoms with Crippen LogP contribution in [0.15, 0.2) is 30.3 Å². The Kier molecular flexibility index (Phi) is 5.37. The van der Waals surface area contributed by atoms with Gasteiger partial charge in [-0.25, -0.2) is 0 Å². The molecule has 0 heterocycles. The minimum absolute atomic E-state index is 0.513. The fourth-order valence-corrected chi connectivity index (χ4v) is 1.72. The van der Waals surface area contributed by atoms with E-state index in [1.54, 1.807) is 0 Å². The zero-order valence-corrected chi connectivity index (χ0v) is 9.96. The molecule has 1 aromatic carbocycles. The van der Waals surface area contributed by atoms with E-state index in [2.05, 4.69) is 54.8 Å². The molecule has 0 amide bonds. The highest BCUT2D eigenvalue weighted by atomic mass is 15.0. The smallest absolute Gasteiger partial charge is 0.0218 e. The number of likely N-dealkylation sites (N-methyl/N-ethyl adjacent to an activating group) is 1. The van der Waals surface area contributed by atoms with Gasteiger partial charge >= 0.3 is 0 Å². The van der Waals surface area contributed by atoms with Crippen molar-refractivity contribution >= 4 is 0 Å². The SMILES string of the molecule is CCC(NCc1ccccc1)C(C)NC. The average molecular weight is 206 g/mol. The van der Waals surface area contributed by atoms with Crippen molar-refractivity contribution < 1.29 is 0 Å². The molecule has 0 aliphatic heterocycles. The topological polar surface area (TPSA) is 24.1 Å². The first-order valence-electron chi connectivity index (χ1n) is 5.72. The van der Waals surface area contributed by atoms with E-state index in [9.17, 15) is 0 Å². The van der Waals surface area contributed by atoms with Gasteiger partial charge < -0.3 is 10.6 Å². The molecule has 0 aliphatic rings. The predicted octanol–water partition coefficient (Wildman–Crippen LogP) is 2.16. The molecule has 2 heteroatoms. The Balaban J connectivity index is 2.41. The first kappa shape index (κ1) is 12.2. The third-order valence-corrected chi connectivity index (χ3v) is 2.91. The fourth-order valence-electron chi connectivity index (χ4n) is 1.72. The van der Waals surface area contributed by atoms with Crippen LogP contribution in [-0.2, 0) is 6.54 Å². The number of nitrogens with one attached hydrogen (secondary N) is 2. The molecular weight excluding hydrogens is 184 g/mol. The summed E-state index contributed by atoms with van der Waals surface area (Å²) in [5.41, 5.74) is 1.35. The van der Waals surface area contributed by atoms with Crippen LogP contribution >= 0.6 is 0 Å². The molecular formula is C13H22N2. The van der Waals surface area contributed by atoms with Gasteiger partial charge in [-0.3, -0.25) is 0 Å². The summed E-state index contributed by atoms with van der Waals surface area (Å²) in [6.45, 7) is 5.38. The summed E-state index contributed by atoms with van der Waals surface area (Å²) in [6.07, 6.45) is 1.15. The third kappa shape index (κ3) is 4.02. The van der Waals surface area contributed by atoms with E-state index in [0.717, 1.165) is 13.0 Å². The van der Waals surface area contributed by atoms with Gasteiger partial charge in [-0.2, -0.15) is 0 Å². The van der Waals surface area contributed by atoms with Crippen LogP contribution in [0.2, 0.25) is 0 Å². The molecule has 0 saturated carbocycles. The highest BCUT2D eigenvalue weighted by molar-refractivity contribution is 5.14. The van der Waals surface area contributed by atoms with Crippen LogP contribution in [-0.4, -0.2) is 19.1 Å². The van der Waals surface area contributed by atoms with Crippen LogP contribution < -0.4 is 10.6 Å². The van der Waals surface area contributed by atoms with E-state index in [-0.39, 0.29) is 0 Å². The van der Waals surface area contributed by atoms with Crippen molar-refractivity contribution in [3.05, 3.63) is 35.9 Å². The van der Waals surface area contributed by atoms with Crippen LogP contribution in [0.1, 0.15) is 25.8 Å². The van der Waals surface area contributed by atoms with Crippen molar-refractivity contribution in [1.82, 2.24) is 10.6 Å². The molecule has 0 aliphatic carbocycles. The quantitative estimate of drug-likeness (QED) is 0.745. The third-order valence-electron chi connectivity index (χ3n) is 2.91. The fraction of sp³-hybridized carbons (Fsp3) is 0.538. The monoisotopic (exact) mass is 206 g/mol. The molecule has 0 bridgehead atoms. The van der Waals surface area contributed by atoms with E-state index >= 15 is 0 Å². The lowest BCUT2D eigenvalue weighted by Crippen LogP contribution is -2.44. The van der Waals surface area contributed by atoms with Gasteiger partial charge in [0.15, 0.2) is 0 Å². The molecule has 2 N–H and O–H groups in total. The highest BCUT2D eigenvalue weighted by Gasteiger charge is 2.11. The standard InChI is InChI=1S/C13H22N2/c1-4-13(11(2)14-3)15-10-12-8-6-5-7-9-12/h5-9,11,13-15H,4,10H2,1-3H3. The Morgan fingerprint density at radius 2 is 1.87 bits per heavy atom. The Bertz CT molecular complexity index is 258. The van der Waals surface area contributed by atoms with E-state index in [4.69, 9.17) is 0 Å². The minimum Gasteiger partial charge on any atom is -0.316 e. The summed E-state index contributed by atoms with van der Waals surface area (Å²) < 4.78 is 0. The maximum absolute atomic E-state index is 3.57. The van der Waals surface area contributed by atoms with E-state index in [1.165, 1.54) is 5.56 Å². The zero-order chi connectivity index (χ0) is 11.1. The predicted molar refractivity (Wildman–Crippen MR) is 65.9 cm³/mol. The van der Waals surface area contributed by atoms with Crippen LogP contribution in [0.4, 0.5) is 0 Å². The summed E-state index contributed by atoms with van der Waals surface area (Å²) >= 11 is 0. The molecule has 0 aromatic heterocycles. The Hall–Kier alpha value is -0.860. The molecule has 15 heavy (non-hydrogen) atoms. The van der Waals surface area contributed by atoms with Crippen LogP contribution in [0.25, 0.3) is 0 Å². The number of hydrogen-bond donors (Lipinski definition) is 2. The summed E-state index contributed by atoms with van der Waals surface area (Å²) in [5, 5.41) is 6.86. The molecule has 2 atom stereocenters. The van der Waals surface area contributed by atoms with Crippen molar-refractivity contribution in [3.8, 4) is 0 Å². The van der Waals surface area contributed by atoms with Gasteiger partial charge in [-0.15, -0.1) is 0 Å². The Morgan fingerprint density at radius 3 is 2.40 bits per heavy atom. The molecule has 2 unspecified atom stereocenters. The summed E-state index contributed by atoms with van der Waals surface area (Å²) in [6, 6.07) is 11.6. The minimum atomic E-state index is 0.513. The lowest BCUT2D eigenvalue weighted by Gasteiger charge is -2.23. The second kappa shape index (κ2) is 6.59. The second-order valence-electron chi connectivity index (χ2n) is 3.96. The lowest BCUT2D eigenvalue weighted by atomic mass is 10.1. The van der Waals surface area contributed by atoms with Gasteiger partial charge in [-0.1, -0.05) is 37.3 Å². The van der Waals surface area contributed by atoms with Gasteiger partial charge in [0.25, 0.3) is 0 Å². The normalized spacial score (nSPS) is 14.9. The Labute approximate surface area is 93.1 Å². The zero-order valence-electron chi connectivity index (χ0n) is 9.96. The van der Waals surface area contributed by atoms with Crippen molar-refractivity contribution in [2.24, 2.45) is 0 Å². The number of benzene rings is 1. The van der Waals surface area contributed by atoms with Crippen molar-refractivity contribution in [2.75, 3.05) is 7.05 Å². The molecule has 2 nitrogen and oxygen atoms in total. The van der Waals surface area contributed by atoms with E-state index in [1.807, 2.05) is 7.05 Å². The van der Waals surface area contributed by atoms with E-state index in [0.29, 0.717) is 12.1 Å². The van der Waals surface area contributed by atoms with Crippen molar-refractivity contribution in [1.29, 1.82) is 0 Å². The number of rotatable bonds is 6. The van der Waals surface area contributed by atoms with E-state index < -0.39 is 0 Å². The van der Waals surface area contributed by atoms with Gasteiger partial charge in [0, 0.05) is 18.6 Å². The average Bonchev–Trinajstić information content (AvgIpc) is 2.31. The second-order valence-corrected chi connectivity index (χ2v) is 3.96. The molecule has 0 saturated heterocycles. The van der Waals surface area contributed by atoms with Crippen LogP contribution in [0.5, 0.6) is 0 Å². The maximum Gasteiger partial charge on any atom is 0.0218 e. The molecule has 0 radical (unpaired) electrons. The molecule has 1 rings (SSSR count). The molecule has 84 valence electrons. The maximum atomic E-state index is 3.57. The van der Waals surface area contributed by atoms with Crippen LogP contribution in [0, 0.1) is 0 Å². The van der Waals surface area contributed by atoms with Crippen molar-refractivity contribution in [3.63, 3.8) is 0 Å². The van der Waals surface area contributed by atoms with Gasteiger partial charge in [0.1, 0.15) is 0 Å². The first-order chi connectivity index (χ1) is 7.27. The van der Waals surface area contributed by atoms with Gasteiger partial charge in [-0.05, 0) is 26.0 Å². The molecule has 0 fully saturated rings. The Morgan fingerprint density at radius 1 is 1.20 bits per heavy atom. The number of hydrogen-bond acceptors (Lipinski definition) is 2. The van der Waals surface area contributed by atoms with Crippen LogP contribution in [0.3, 0.4) is 0 Å². The lowest BCUT2D eigenvalue weighted by molar-refractivity contribution is 0.395. The summed E-state index contributed by atoms with van der Waals surface area (Å²) in [4.78, 5) is 0.